The summed E-state index contributed by atoms with van der Waals surface area (Å²) in [4.78, 5) is 11.6. The van der Waals surface area contributed by atoms with E-state index in [9.17, 15) is 18.0 Å². The van der Waals surface area contributed by atoms with Crippen molar-refractivity contribution in [2.24, 2.45) is 0 Å². The molecule has 21 heavy (non-hydrogen) atoms. The third-order valence-corrected chi connectivity index (χ3v) is 3.57. The van der Waals surface area contributed by atoms with Crippen LogP contribution < -0.4 is 5.32 Å². The summed E-state index contributed by atoms with van der Waals surface area (Å²) in [6, 6.07) is 9.21. The van der Waals surface area contributed by atoms with Gasteiger partial charge in [-0.2, -0.15) is 0 Å². The second kappa shape index (κ2) is 6.79. The summed E-state index contributed by atoms with van der Waals surface area (Å²) in [5, 5.41) is 2.07. The molecule has 0 radical (unpaired) electrons. The van der Waals surface area contributed by atoms with Gasteiger partial charge in [-0.05, 0) is 28.2 Å². The lowest BCUT2D eigenvalue weighted by Crippen LogP contribution is -2.16. The SMILES string of the molecule is O=C(Nc1c(F)cc(F)c(F)c1I)OCc1ccccc1. The van der Waals surface area contributed by atoms with Crippen LogP contribution in [-0.2, 0) is 11.3 Å². The van der Waals surface area contributed by atoms with Crippen molar-refractivity contribution in [3.05, 3.63) is 63.0 Å². The smallest absolute Gasteiger partial charge is 0.412 e. The number of hydrogen-bond acceptors (Lipinski definition) is 2. The van der Waals surface area contributed by atoms with Crippen molar-refractivity contribution >= 4 is 34.4 Å². The molecule has 0 heterocycles. The van der Waals surface area contributed by atoms with Crippen molar-refractivity contribution in [2.45, 2.75) is 6.61 Å². The third kappa shape index (κ3) is 3.87. The minimum Gasteiger partial charge on any atom is -0.444 e. The van der Waals surface area contributed by atoms with Crippen LogP contribution >= 0.6 is 22.6 Å². The van der Waals surface area contributed by atoms with Crippen molar-refractivity contribution < 1.29 is 22.7 Å². The first-order valence-corrected chi connectivity index (χ1v) is 6.87. The van der Waals surface area contributed by atoms with Crippen molar-refractivity contribution in [1.82, 2.24) is 0 Å². The lowest BCUT2D eigenvalue weighted by atomic mass is 10.2. The van der Waals surface area contributed by atoms with Crippen molar-refractivity contribution in [3.8, 4) is 0 Å². The number of carbonyl (C=O) groups is 1. The second-order valence-corrected chi connectivity index (χ2v) is 5.11. The quantitative estimate of drug-likeness (QED) is 0.464. The lowest BCUT2D eigenvalue weighted by Gasteiger charge is -2.10. The van der Waals surface area contributed by atoms with Gasteiger partial charge in [-0.25, -0.2) is 18.0 Å². The monoisotopic (exact) mass is 407 g/mol. The molecule has 1 N–H and O–H groups in total. The number of benzene rings is 2. The Bertz CT molecular complexity index is 665. The Kier molecular flexibility index (Phi) is 5.05. The van der Waals surface area contributed by atoms with E-state index in [1.54, 1.807) is 24.3 Å². The molecule has 2 rings (SSSR count). The molecule has 3 nitrogen and oxygen atoms in total. The van der Waals surface area contributed by atoms with Crippen LogP contribution in [0.1, 0.15) is 5.56 Å². The molecular formula is C14H9F3INO2. The van der Waals surface area contributed by atoms with Crippen LogP contribution in [0.25, 0.3) is 0 Å². The van der Waals surface area contributed by atoms with Gasteiger partial charge in [0.15, 0.2) is 17.5 Å². The molecule has 0 aliphatic carbocycles. The Morgan fingerprint density at radius 1 is 1.14 bits per heavy atom. The molecule has 0 aromatic heterocycles. The number of carbonyl (C=O) groups excluding carboxylic acids is 1. The summed E-state index contributed by atoms with van der Waals surface area (Å²) in [7, 11) is 0. The van der Waals surface area contributed by atoms with Gasteiger partial charge in [0.2, 0.25) is 0 Å². The van der Waals surface area contributed by atoms with Crippen LogP contribution in [0.4, 0.5) is 23.7 Å². The van der Waals surface area contributed by atoms with E-state index in [1.807, 2.05) is 6.07 Å². The number of rotatable bonds is 3. The zero-order valence-corrected chi connectivity index (χ0v) is 12.7. The van der Waals surface area contributed by atoms with Gasteiger partial charge in [-0.15, -0.1) is 0 Å². The Labute approximate surface area is 132 Å². The molecule has 0 aliphatic rings. The van der Waals surface area contributed by atoms with Crippen LogP contribution in [0.5, 0.6) is 0 Å². The first-order valence-electron chi connectivity index (χ1n) is 5.79. The Morgan fingerprint density at radius 3 is 2.48 bits per heavy atom. The lowest BCUT2D eigenvalue weighted by molar-refractivity contribution is 0.155. The Hall–Kier alpha value is -1.77. The summed E-state index contributed by atoms with van der Waals surface area (Å²) in [6.45, 7) is -0.0193. The standard InChI is InChI=1S/C14H9F3INO2/c15-9-6-10(16)13(12(18)11(9)17)19-14(20)21-7-8-4-2-1-3-5-8/h1-6H,7H2,(H,19,20). The van der Waals surface area contributed by atoms with Crippen LogP contribution in [0.3, 0.4) is 0 Å². The van der Waals surface area contributed by atoms with Crippen LogP contribution in [0, 0.1) is 21.0 Å². The molecule has 0 spiro atoms. The highest BCUT2D eigenvalue weighted by Gasteiger charge is 2.19. The van der Waals surface area contributed by atoms with E-state index in [4.69, 9.17) is 4.74 Å². The van der Waals surface area contributed by atoms with Gasteiger partial charge >= 0.3 is 6.09 Å². The fraction of sp³-hybridized carbons (Fsp3) is 0.0714. The molecular weight excluding hydrogens is 398 g/mol. The molecule has 0 unspecified atom stereocenters. The number of ether oxygens (including phenoxy) is 1. The van der Waals surface area contributed by atoms with Gasteiger partial charge in [-0.3, -0.25) is 5.32 Å². The molecule has 0 aliphatic heterocycles. The molecule has 0 fully saturated rings. The summed E-state index contributed by atoms with van der Waals surface area (Å²) in [5.74, 6) is -3.62. The highest BCUT2D eigenvalue weighted by Crippen LogP contribution is 2.27. The van der Waals surface area contributed by atoms with Gasteiger partial charge in [0, 0.05) is 6.07 Å². The maximum atomic E-state index is 13.5. The summed E-state index contributed by atoms with van der Waals surface area (Å²) < 4.78 is 44.3. The fourth-order valence-electron chi connectivity index (χ4n) is 1.54. The molecule has 1 amide bonds. The number of anilines is 1. The van der Waals surface area contributed by atoms with E-state index in [-0.39, 0.29) is 10.2 Å². The highest BCUT2D eigenvalue weighted by molar-refractivity contribution is 14.1. The zero-order valence-electron chi connectivity index (χ0n) is 10.5. The zero-order chi connectivity index (χ0) is 15.4. The second-order valence-electron chi connectivity index (χ2n) is 4.03. The largest absolute Gasteiger partial charge is 0.444 e. The number of nitrogens with one attached hydrogen (secondary N) is 1. The Morgan fingerprint density at radius 2 is 1.81 bits per heavy atom. The van der Waals surface area contributed by atoms with Crippen molar-refractivity contribution in [3.63, 3.8) is 0 Å². The van der Waals surface area contributed by atoms with Gasteiger partial charge < -0.3 is 4.74 Å². The number of amides is 1. The van der Waals surface area contributed by atoms with E-state index >= 15 is 0 Å². The first kappa shape index (κ1) is 15.6. The van der Waals surface area contributed by atoms with E-state index < -0.39 is 29.2 Å². The van der Waals surface area contributed by atoms with Gasteiger partial charge in [0.1, 0.15) is 6.61 Å². The fourth-order valence-corrected chi connectivity index (χ4v) is 2.19. The van der Waals surface area contributed by atoms with Crippen LogP contribution in [0.15, 0.2) is 36.4 Å². The predicted octanol–water partition coefficient (Wildman–Crippen LogP) is 4.46. The normalized spacial score (nSPS) is 10.3. The summed E-state index contributed by atoms with van der Waals surface area (Å²) in [6.07, 6.45) is -0.957. The first-order chi connectivity index (χ1) is 9.99. The molecule has 0 saturated carbocycles. The summed E-state index contributed by atoms with van der Waals surface area (Å²) in [5.41, 5.74) is 0.292. The van der Waals surface area contributed by atoms with E-state index in [0.717, 1.165) is 5.56 Å². The summed E-state index contributed by atoms with van der Waals surface area (Å²) >= 11 is 1.40. The topological polar surface area (TPSA) is 38.3 Å². The maximum Gasteiger partial charge on any atom is 0.412 e. The molecule has 2 aromatic carbocycles. The predicted molar refractivity (Wildman–Crippen MR) is 79.3 cm³/mol. The van der Waals surface area contributed by atoms with Crippen molar-refractivity contribution in [2.75, 3.05) is 5.32 Å². The van der Waals surface area contributed by atoms with E-state index in [0.29, 0.717) is 6.07 Å². The molecule has 0 bridgehead atoms. The van der Waals surface area contributed by atoms with Gasteiger partial charge in [0.05, 0.1) is 9.26 Å². The van der Waals surface area contributed by atoms with E-state index in [1.165, 1.54) is 22.6 Å². The highest BCUT2D eigenvalue weighted by atomic mass is 127. The average Bonchev–Trinajstić information content (AvgIpc) is 2.48. The van der Waals surface area contributed by atoms with E-state index in [2.05, 4.69) is 5.32 Å². The van der Waals surface area contributed by atoms with Crippen LogP contribution in [-0.4, -0.2) is 6.09 Å². The van der Waals surface area contributed by atoms with Gasteiger partial charge in [0.25, 0.3) is 0 Å². The molecule has 0 atom stereocenters. The minimum atomic E-state index is -1.32. The minimum absolute atomic E-state index is 0.0193. The Balaban J connectivity index is 2.05. The molecule has 0 saturated heterocycles. The molecule has 2 aromatic rings. The number of hydrogen-bond donors (Lipinski definition) is 1. The average molecular weight is 407 g/mol. The maximum absolute atomic E-state index is 13.5. The van der Waals surface area contributed by atoms with Crippen LogP contribution in [0.2, 0.25) is 0 Å². The van der Waals surface area contributed by atoms with Gasteiger partial charge in [-0.1, -0.05) is 30.3 Å². The number of halogens is 4. The third-order valence-electron chi connectivity index (χ3n) is 2.55. The molecule has 110 valence electrons. The molecule has 7 heteroatoms. The van der Waals surface area contributed by atoms with Crippen molar-refractivity contribution in [1.29, 1.82) is 0 Å².